The van der Waals surface area contributed by atoms with Crippen LogP contribution in [0.2, 0.25) is 0 Å². The monoisotopic (exact) mass is 652 g/mol. The van der Waals surface area contributed by atoms with Gasteiger partial charge in [-0.2, -0.15) is 0 Å². The van der Waals surface area contributed by atoms with Crippen molar-refractivity contribution in [1.82, 2.24) is 0 Å². The van der Waals surface area contributed by atoms with Gasteiger partial charge in [0.1, 0.15) is 17.2 Å². The smallest absolute Gasteiger partial charge is 0.199 e. The standard InChI is InChI=1S/C43H56O5/c1-29-25-39(47-41-21-11-13-23-45-41)36(31-15-5-3-6-16-31)27-34(29)43(33-19-9-10-20-38(33)44)35-28-37(32-17-7-4-8-18-32)40(26-30(35)2)48-42-22-12-14-24-46-42/h9-10,19-20,25-28,31-32,41-44H,3-8,11-18,21-24H2,1-2H3. The molecule has 0 bridgehead atoms. The zero-order valence-corrected chi connectivity index (χ0v) is 29.3. The highest BCUT2D eigenvalue weighted by atomic mass is 16.7. The molecular weight excluding hydrogens is 596 g/mol. The largest absolute Gasteiger partial charge is 0.508 e. The summed E-state index contributed by atoms with van der Waals surface area (Å²) in [5, 5.41) is 11.5. The van der Waals surface area contributed by atoms with Crippen molar-refractivity contribution < 1.29 is 24.1 Å². The zero-order chi connectivity index (χ0) is 32.9. The van der Waals surface area contributed by atoms with E-state index in [1.54, 1.807) is 0 Å². The summed E-state index contributed by atoms with van der Waals surface area (Å²) in [4.78, 5) is 0. The molecule has 2 aliphatic heterocycles. The van der Waals surface area contributed by atoms with E-state index in [0.717, 1.165) is 68.8 Å². The highest BCUT2D eigenvalue weighted by Gasteiger charge is 2.31. The third kappa shape index (κ3) is 7.58. The van der Waals surface area contributed by atoms with Gasteiger partial charge < -0.3 is 24.1 Å². The molecule has 258 valence electrons. The summed E-state index contributed by atoms with van der Waals surface area (Å²) < 4.78 is 25.5. The van der Waals surface area contributed by atoms with Crippen molar-refractivity contribution in [2.75, 3.05) is 13.2 Å². The second-order valence-corrected chi connectivity index (χ2v) is 15.0. The van der Waals surface area contributed by atoms with Gasteiger partial charge in [0.25, 0.3) is 0 Å². The lowest BCUT2D eigenvalue weighted by Crippen LogP contribution is -2.26. The van der Waals surface area contributed by atoms with E-state index in [1.807, 2.05) is 12.1 Å². The summed E-state index contributed by atoms with van der Waals surface area (Å²) in [6, 6.07) is 17.4. The first-order valence-corrected chi connectivity index (χ1v) is 19.2. The van der Waals surface area contributed by atoms with Crippen LogP contribution in [0, 0.1) is 13.8 Å². The first-order valence-electron chi connectivity index (χ1n) is 19.2. The Kier molecular flexibility index (Phi) is 10.9. The summed E-state index contributed by atoms with van der Waals surface area (Å²) in [5.41, 5.74) is 8.42. The Bertz CT molecular complexity index is 1410. The average molecular weight is 653 g/mol. The Hall–Kier alpha value is -3.02. The van der Waals surface area contributed by atoms with E-state index in [0.29, 0.717) is 17.6 Å². The van der Waals surface area contributed by atoms with E-state index >= 15 is 0 Å². The van der Waals surface area contributed by atoms with Crippen LogP contribution in [-0.2, 0) is 9.47 Å². The average Bonchev–Trinajstić information content (AvgIpc) is 3.12. The van der Waals surface area contributed by atoms with Gasteiger partial charge in [0.2, 0.25) is 0 Å². The van der Waals surface area contributed by atoms with Gasteiger partial charge in [0.15, 0.2) is 12.6 Å². The van der Waals surface area contributed by atoms with Crippen molar-refractivity contribution in [1.29, 1.82) is 0 Å². The fourth-order valence-electron chi connectivity index (χ4n) is 8.85. The van der Waals surface area contributed by atoms with E-state index in [4.69, 9.17) is 18.9 Å². The molecule has 2 unspecified atom stereocenters. The third-order valence-electron chi connectivity index (χ3n) is 11.5. The van der Waals surface area contributed by atoms with Crippen LogP contribution in [0.15, 0.2) is 48.5 Å². The van der Waals surface area contributed by atoms with E-state index < -0.39 is 0 Å². The Balaban J connectivity index is 1.36. The number of aromatic hydroxyl groups is 1. The lowest BCUT2D eigenvalue weighted by molar-refractivity contribution is -0.106. The number of hydrogen-bond donors (Lipinski definition) is 1. The Morgan fingerprint density at radius 1 is 0.562 bits per heavy atom. The van der Waals surface area contributed by atoms with Crippen LogP contribution in [0.4, 0.5) is 0 Å². The van der Waals surface area contributed by atoms with Gasteiger partial charge in [-0.15, -0.1) is 0 Å². The Morgan fingerprint density at radius 2 is 1.02 bits per heavy atom. The second-order valence-electron chi connectivity index (χ2n) is 15.0. The number of phenols is 1. The molecule has 3 aromatic carbocycles. The van der Waals surface area contributed by atoms with Crippen molar-refractivity contribution >= 4 is 0 Å². The minimum Gasteiger partial charge on any atom is -0.508 e. The van der Waals surface area contributed by atoms with Gasteiger partial charge >= 0.3 is 0 Å². The summed E-state index contributed by atoms with van der Waals surface area (Å²) in [6.45, 7) is 5.98. The molecule has 1 N–H and O–H groups in total. The van der Waals surface area contributed by atoms with Gasteiger partial charge in [-0.05, 0) is 129 Å². The van der Waals surface area contributed by atoms with Crippen LogP contribution in [0.3, 0.4) is 0 Å². The molecule has 2 aliphatic carbocycles. The van der Waals surface area contributed by atoms with Crippen LogP contribution in [0.5, 0.6) is 17.2 Å². The first-order chi connectivity index (χ1) is 23.5. The molecule has 2 heterocycles. The molecule has 0 radical (unpaired) electrons. The quantitative estimate of drug-likeness (QED) is 0.233. The molecule has 5 nitrogen and oxygen atoms in total. The van der Waals surface area contributed by atoms with Crippen molar-refractivity contribution in [3.05, 3.63) is 87.5 Å². The number of hydrogen-bond acceptors (Lipinski definition) is 5. The highest BCUT2D eigenvalue weighted by molar-refractivity contribution is 5.58. The van der Waals surface area contributed by atoms with E-state index in [9.17, 15) is 5.11 Å². The number of phenolic OH excluding ortho intramolecular Hbond substituents is 1. The Morgan fingerprint density at radius 3 is 1.46 bits per heavy atom. The fraction of sp³-hybridized carbons (Fsp3) is 0.581. The van der Waals surface area contributed by atoms with Gasteiger partial charge in [0.05, 0.1) is 13.2 Å². The van der Waals surface area contributed by atoms with Crippen molar-refractivity contribution in [3.8, 4) is 17.2 Å². The maximum Gasteiger partial charge on any atom is 0.199 e. The lowest BCUT2D eigenvalue weighted by Gasteiger charge is -2.32. The normalized spacial score (nSPS) is 23.5. The number of aryl methyl sites for hydroxylation is 2. The van der Waals surface area contributed by atoms with Crippen LogP contribution in [0.25, 0.3) is 0 Å². The molecular formula is C43H56O5. The van der Waals surface area contributed by atoms with Crippen LogP contribution >= 0.6 is 0 Å². The van der Waals surface area contributed by atoms with Crippen LogP contribution in [0.1, 0.15) is 159 Å². The second kappa shape index (κ2) is 15.7. The molecule has 5 heteroatoms. The summed E-state index contributed by atoms with van der Waals surface area (Å²) >= 11 is 0. The molecule has 3 aromatic rings. The number of ether oxygens (including phenoxy) is 4. The molecule has 4 fully saturated rings. The van der Waals surface area contributed by atoms with Gasteiger partial charge in [-0.3, -0.25) is 0 Å². The maximum atomic E-state index is 11.5. The number of benzene rings is 3. The molecule has 0 spiro atoms. The van der Waals surface area contributed by atoms with E-state index in [-0.39, 0.29) is 18.5 Å². The van der Waals surface area contributed by atoms with Crippen molar-refractivity contribution in [2.24, 2.45) is 0 Å². The molecule has 0 amide bonds. The lowest BCUT2D eigenvalue weighted by atomic mass is 9.75. The third-order valence-corrected chi connectivity index (χ3v) is 11.5. The SMILES string of the molecule is Cc1cc(OC2CCCCO2)c(C2CCCCC2)cc1C(c1cc(C2CCCCC2)c(OC2CCCCO2)cc1C)c1ccccc1O. The fourth-order valence-corrected chi connectivity index (χ4v) is 8.85. The van der Waals surface area contributed by atoms with Gasteiger partial charge in [-0.25, -0.2) is 0 Å². The topological polar surface area (TPSA) is 57.2 Å². The van der Waals surface area contributed by atoms with Gasteiger partial charge in [0, 0.05) is 24.3 Å². The van der Waals surface area contributed by atoms with Crippen LogP contribution in [-0.4, -0.2) is 30.9 Å². The van der Waals surface area contributed by atoms with Crippen molar-refractivity contribution in [2.45, 2.75) is 147 Å². The number of para-hydroxylation sites is 1. The van der Waals surface area contributed by atoms with E-state index in [2.05, 4.69) is 50.2 Å². The molecule has 2 saturated heterocycles. The molecule has 0 aromatic heterocycles. The predicted molar refractivity (Wildman–Crippen MR) is 191 cm³/mol. The summed E-state index contributed by atoms with van der Waals surface area (Å²) in [6.07, 6.45) is 18.4. The minimum absolute atomic E-state index is 0.129. The Labute approximate surface area is 288 Å². The highest BCUT2D eigenvalue weighted by Crippen LogP contribution is 2.48. The minimum atomic E-state index is -0.179. The van der Waals surface area contributed by atoms with Crippen molar-refractivity contribution in [3.63, 3.8) is 0 Å². The maximum absolute atomic E-state index is 11.5. The molecule has 2 atom stereocenters. The molecule has 2 saturated carbocycles. The number of rotatable bonds is 9. The first kappa shape index (κ1) is 33.5. The predicted octanol–water partition coefficient (Wildman–Crippen LogP) is 11.1. The molecule has 4 aliphatic rings. The summed E-state index contributed by atoms with van der Waals surface area (Å²) in [5.74, 6) is 3.12. The van der Waals surface area contributed by atoms with Gasteiger partial charge in [-0.1, -0.05) is 68.9 Å². The zero-order valence-electron chi connectivity index (χ0n) is 29.3. The molecule has 7 rings (SSSR count). The van der Waals surface area contributed by atoms with Crippen LogP contribution < -0.4 is 9.47 Å². The summed E-state index contributed by atoms with van der Waals surface area (Å²) in [7, 11) is 0. The molecule has 48 heavy (non-hydrogen) atoms. The van der Waals surface area contributed by atoms with E-state index in [1.165, 1.54) is 97.6 Å².